The zero-order valence-electron chi connectivity index (χ0n) is 5.67. The highest BCUT2D eigenvalue weighted by Gasteiger charge is 1.94. The molecule has 1 aromatic carbocycles. The fraction of sp³-hybridized carbons (Fsp3) is 0.143. The van der Waals surface area contributed by atoms with Crippen molar-refractivity contribution in [3.63, 3.8) is 0 Å². The van der Waals surface area contributed by atoms with Crippen molar-refractivity contribution in [3.8, 4) is 0 Å². The van der Waals surface area contributed by atoms with E-state index < -0.39 is 0 Å². The van der Waals surface area contributed by atoms with Gasteiger partial charge in [-0.15, -0.1) is 0 Å². The number of benzene rings is 1. The summed E-state index contributed by atoms with van der Waals surface area (Å²) in [5.41, 5.74) is 18.7. The molecule has 0 aromatic heterocycles. The summed E-state index contributed by atoms with van der Waals surface area (Å²) in [6.07, 6.45) is 0. The van der Waals surface area contributed by atoms with Crippen LogP contribution in [0.3, 0.4) is 0 Å². The van der Waals surface area contributed by atoms with Crippen LogP contribution >= 0.6 is 0 Å². The lowest BCUT2D eigenvalue weighted by molar-refractivity contribution is 1.08. The highest BCUT2D eigenvalue weighted by atomic mass is 14.6. The highest BCUT2D eigenvalue weighted by molar-refractivity contribution is 5.56. The highest BCUT2D eigenvalue weighted by Crippen LogP contribution is 2.14. The van der Waals surface area contributed by atoms with Gasteiger partial charge in [0, 0.05) is 17.9 Å². The number of nitrogen functional groups attached to an aromatic ring is 2. The molecule has 0 aliphatic carbocycles. The molecule has 3 nitrogen and oxygen atoms in total. The molecule has 0 spiro atoms. The van der Waals surface area contributed by atoms with Crippen LogP contribution in [-0.2, 0) is 6.54 Å². The van der Waals surface area contributed by atoms with Gasteiger partial charge in [-0.25, -0.2) is 0 Å². The van der Waals surface area contributed by atoms with Crippen LogP contribution in [0, 0.1) is 0 Å². The van der Waals surface area contributed by atoms with Gasteiger partial charge in [0.2, 0.25) is 0 Å². The summed E-state index contributed by atoms with van der Waals surface area (Å²) in [7, 11) is 0. The van der Waals surface area contributed by atoms with Crippen molar-refractivity contribution in [2.45, 2.75) is 6.54 Å². The first-order valence-corrected chi connectivity index (χ1v) is 3.08. The van der Waals surface area contributed by atoms with Crippen LogP contribution in [0.1, 0.15) is 5.56 Å². The molecule has 0 saturated heterocycles. The molecule has 0 fully saturated rings. The molecule has 0 saturated carbocycles. The lowest BCUT2D eigenvalue weighted by atomic mass is 10.1. The average molecular weight is 137 g/mol. The quantitative estimate of drug-likeness (QED) is 0.487. The van der Waals surface area contributed by atoms with Crippen LogP contribution in [0.2, 0.25) is 0 Å². The molecule has 0 amide bonds. The van der Waals surface area contributed by atoms with Crippen molar-refractivity contribution in [2.75, 3.05) is 11.5 Å². The van der Waals surface area contributed by atoms with Crippen LogP contribution in [0.25, 0.3) is 0 Å². The maximum atomic E-state index is 5.57. The molecule has 0 radical (unpaired) electrons. The van der Waals surface area contributed by atoms with Gasteiger partial charge in [-0.05, 0) is 17.7 Å². The minimum atomic E-state index is 0.464. The molecule has 1 aromatic rings. The van der Waals surface area contributed by atoms with E-state index in [-0.39, 0.29) is 0 Å². The molecule has 1 rings (SSSR count). The van der Waals surface area contributed by atoms with Crippen LogP contribution in [0.4, 0.5) is 11.4 Å². The zero-order chi connectivity index (χ0) is 7.56. The van der Waals surface area contributed by atoms with Gasteiger partial charge in [0.1, 0.15) is 0 Å². The Labute approximate surface area is 59.8 Å². The number of hydrogen-bond donors (Lipinski definition) is 3. The van der Waals surface area contributed by atoms with E-state index in [1.165, 1.54) is 0 Å². The van der Waals surface area contributed by atoms with Crippen molar-refractivity contribution in [2.24, 2.45) is 5.73 Å². The van der Waals surface area contributed by atoms with Crippen LogP contribution in [-0.4, -0.2) is 0 Å². The predicted octanol–water partition coefficient (Wildman–Crippen LogP) is 0.310. The summed E-state index contributed by atoms with van der Waals surface area (Å²) in [5, 5.41) is 0. The Balaban J connectivity index is 3.07. The fourth-order valence-corrected chi connectivity index (χ4v) is 0.799. The van der Waals surface area contributed by atoms with E-state index in [0.29, 0.717) is 17.9 Å². The first-order chi connectivity index (χ1) is 4.74. The second-order valence-electron chi connectivity index (χ2n) is 2.16. The molecule has 0 heterocycles. The summed E-state index contributed by atoms with van der Waals surface area (Å²) in [6, 6.07) is 5.34. The van der Waals surface area contributed by atoms with E-state index in [2.05, 4.69) is 0 Å². The molecule has 0 atom stereocenters. The zero-order valence-corrected chi connectivity index (χ0v) is 5.67. The van der Waals surface area contributed by atoms with Gasteiger partial charge >= 0.3 is 0 Å². The van der Waals surface area contributed by atoms with Crippen molar-refractivity contribution >= 4 is 11.4 Å². The van der Waals surface area contributed by atoms with E-state index in [4.69, 9.17) is 17.2 Å². The van der Waals surface area contributed by atoms with Crippen molar-refractivity contribution < 1.29 is 0 Å². The number of nitrogens with two attached hydrogens (primary N) is 3. The summed E-state index contributed by atoms with van der Waals surface area (Å²) in [5.74, 6) is 0. The second kappa shape index (κ2) is 2.58. The maximum absolute atomic E-state index is 5.57. The van der Waals surface area contributed by atoms with Gasteiger partial charge in [0.05, 0.1) is 0 Å². The Morgan fingerprint density at radius 3 is 2.40 bits per heavy atom. The minimum Gasteiger partial charge on any atom is -0.399 e. The third-order valence-electron chi connectivity index (χ3n) is 1.39. The lowest BCUT2D eigenvalue weighted by Gasteiger charge is -2.01. The molecule has 3 heteroatoms. The molecule has 10 heavy (non-hydrogen) atoms. The van der Waals surface area contributed by atoms with E-state index >= 15 is 0 Å². The number of anilines is 2. The smallest absolute Gasteiger partial charge is 0.0380 e. The lowest BCUT2D eigenvalue weighted by Crippen LogP contribution is -2.01. The predicted molar refractivity (Wildman–Crippen MR) is 43.2 cm³/mol. The van der Waals surface area contributed by atoms with E-state index in [1.54, 1.807) is 12.1 Å². The van der Waals surface area contributed by atoms with Crippen LogP contribution in [0.5, 0.6) is 0 Å². The van der Waals surface area contributed by atoms with Gasteiger partial charge < -0.3 is 17.2 Å². The first-order valence-electron chi connectivity index (χ1n) is 3.08. The fourth-order valence-electron chi connectivity index (χ4n) is 0.799. The minimum absolute atomic E-state index is 0.464. The molecule has 54 valence electrons. The summed E-state index contributed by atoms with van der Waals surface area (Å²) >= 11 is 0. The van der Waals surface area contributed by atoms with Crippen molar-refractivity contribution in [1.82, 2.24) is 0 Å². The molecule has 6 N–H and O–H groups in total. The second-order valence-corrected chi connectivity index (χ2v) is 2.16. The monoisotopic (exact) mass is 137 g/mol. The average Bonchev–Trinajstić information content (AvgIpc) is 1.88. The van der Waals surface area contributed by atoms with Gasteiger partial charge in [0.25, 0.3) is 0 Å². The molecular formula is C7H11N3. The van der Waals surface area contributed by atoms with E-state index in [1.807, 2.05) is 6.07 Å². The van der Waals surface area contributed by atoms with Crippen molar-refractivity contribution in [3.05, 3.63) is 23.8 Å². The topological polar surface area (TPSA) is 78.1 Å². The molecule has 0 aliphatic heterocycles. The van der Waals surface area contributed by atoms with Gasteiger partial charge in [-0.2, -0.15) is 0 Å². The summed E-state index contributed by atoms with van der Waals surface area (Å²) in [6.45, 7) is 0.464. The largest absolute Gasteiger partial charge is 0.399 e. The standard InChI is InChI=1S/C7H11N3/c8-4-5-1-2-6(9)3-7(5)10/h1-3H,4,8-10H2. The molecule has 0 unspecified atom stereocenters. The molecular weight excluding hydrogens is 126 g/mol. The van der Waals surface area contributed by atoms with E-state index in [9.17, 15) is 0 Å². The van der Waals surface area contributed by atoms with E-state index in [0.717, 1.165) is 5.56 Å². The maximum Gasteiger partial charge on any atom is 0.0380 e. The number of rotatable bonds is 1. The Kier molecular flexibility index (Phi) is 1.78. The molecule has 0 bridgehead atoms. The Bertz CT molecular complexity index is 232. The van der Waals surface area contributed by atoms with Gasteiger partial charge in [-0.3, -0.25) is 0 Å². The van der Waals surface area contributed by atoms with Crippen molar-refractivity contribution in [1.29, 1.82) is 0 Å². The SMILES string of the molecule is NCc1ccc(N)cc1N. The number of hydrogen-bond acceptors (Lipinski definition) is 3. The Morgan fingerprint density at radius 2 is 1.90 bits per heavy atom. The van der Waals surface area contributed by atoms with Gasteiger partial charge in [-0.1, -0.05) is 6.07 Å². The van der Waals surface area contributed by atoms with Crippen LogP contribution in [0.15, 0.2) is 18.2 Å². The summed E-state index contributed by atoms with van der Waals surface area (Å²) in [4.78, 5) is 0. The Morgan fingerprint density at radius 1 is 1.20 bits per heavy atom. The van der Waals surface area contributed by atoms with Gasteiger partial charge in [0.15, 0.2) is 0 Å². The third-order valence-corrected chi connectivity index (χ3v) is 1.39. The molecule has 0 aliphatic rings. The normalized spacial score (nSPS) is 9.70. The third kappa shape index (κ3) is 1.19. The Hall–Kier alpha value is -1.22. The van der Waals surface area contributed by atoms with Crippen LogP contribution < -0.4 is 17.2 Å². The first kappa shape index (κ1) is 6.89. The summed E-state index contributed by atoms with van der Waals surface area (Å²) < 4.78 is 0.